The standard InChI is InChI=1S/C13H23N5O/c1-5-6-10-16-11(15-4)7-12(17-10)18-13(2,3)8-9(14)19/h7H,5-6,8H2,1-4H3,(H2,14,19)(H2,15,16,17,18). The van der Waals surface area contributed by atoms with Crippen LogP contribution >= 0.6 is 0 Å². The molecule has 1 amide bonds. The number of anilines is 2. The van der Waals surface area contributed by atoms with Gasteiger partial charge in [0.2, 0.25) is 5.91 Å². The predicted octanol–water partition coefficient (Wildman–Crippen LogP) is 1.54. The van der Waals surface area contributed by atoms with E-state index in [1.807, 2.05) is 27.0 Å². The predicted molar refractivity (Wildman–Crippen MR) is 77.1 cm³/mol. The molecule has 0 fully saturated rings. The van der Waals surface area contributed by atoms with Gasteiger partial charge in [-0.15, -0.1) is 0 Å². The van der Waals surface area contributed by atoms with Crippen molar-refractivity contribution in [3.05, 3.63) is 11.9 Å². The van der Waals surface area contributed by atoms with Crippen LogP contribution in [0.25, 0.3) is 0 Å². The lowest BCUT2D eigenvalue weighted by Crippen LogP contribution is -2.36. The Labute approximate surface area is 114 Å². The minimum absolute atomic E-state index is 0.245. The summed E-state index contributed by atoms with van der Waals surface area (Å²) in [5.41, 5.74) is 4.81. The molecule has 0 unspecified atom stereocenters. The number of rotatable bonds is 7. The molecular formula is C13H23N5O. The largest absolute Gasteiger partial charge is 0.373 e. The van der Waals surface area contributed by atoms with Crippen molar-refractivity contribution in [1.29, 1.82) is 0 Å². The van der Waals surface area contributed by atoms with Crippen LogP contribution < -0.4 is 16.4 Å². The molecule has 106 valence electrons. The molecule has 0 aliphatic heterocycles. The van der Waals surface area contributed by atoms with Crippen LogP contribution in [0.1, 0.15) is 39.4 Å². The first-order valence-electron chi connectivity index (χ1n) is 6.48. The molecule has 6 heteroatoms. The quantitative estimate of drug-likeness (QED) is 0.695. The first-order chi connectivity index (χ1) is 8.86. The monoisotopic (exact) mass is 265 g/mol. The topological polar surface area (TPSA) is 92.9 Å². The Morgan fingerprint density at radius 3 is 2.53 bits per heavy atom. The van der Waals surface area contributed by atoms with Gasteiger partial charge in [-0.25, -0.2) is 9.97 Å². The maximum absolute atomic E-state index is 11.0. The highest BCUT2D eigenvalue weighted by Crippen LogP contribution is 2.19. The zero-order valence-corrected chi connectivity index (χ0v) is 12.1. The van der Waals surface area contributed by atoms with E-state index in [1.165, 1.54) is 0 Å². The molecule has 4 N–H and O–H groups in total. The number of nitrogens with two attached hydrogens (primary N) is 1. The summed E-state index contributed by atoms with van der Waals surface area (Å²) in [6.07, 6.45) is 2.05. The molecule has 0 aliphatic rings. The van der Waals surface area contributed by atoms with Crippen LogP contribution in [0.3, 0.4) is 0 Å². The van der Waals surface area contributed by atoms with Crippen molar-refractivity contribution in [2.75, 3.05) is 17.7 Å². The molecule has 1 aromatic rings. The molecule has 0 saturated heterocycles. The van der Waals surface area contributed by atoms with E-state index < -0.39 is 5.54 Å². The fourth-order valence-electron chi connectivity index (χ4n) is 1.85. The van der Waals surface area contributed by atoms with Crippen LogP contribution in [0.15, 0.2) is 6.07 Å². The lowest BCUT2D eigenvalue weighted by atomic mass is 10.0. The van der Waals surface area contributed by atoms with Gasteiger partial charge < -0.3 is 16.4 Å². The number of hydrogen-bond donors (Lipinski definition) is 3. The van der Waals surface area contributed by atoms with E-state index in [0.29, 0.717) is 5.82 Å². The molecular weight excluding hydrogens is 242 g/mol. The van der Waals surface area contributed by atoms with Crippen molar-refractivity contribution in [2.24, 2.45) is 5.73 Å². The highest BCUT2D eigenvalue weighted by molar-refractivity contribution is 5.75. The molecule has 6 nitrogen and oxygen atoms in total. The minimum Gasteiger partial charge on any atom is -0.373 e. The van der Waals surface area contributed by atoms with E-state index in [1.54, 1.807) is 0 Å². The first kappa shape index (κ1) is 15.2. The maximum Gasteiger partial charge on any atom is 0.219 e. The van der Waals surface area contributed by atoms with Crippen LogP contribution in [0.2, 0.25) is 0 Å². The molecule has 0 saturated carbocycles. The number of aromatic nitrogens is 2. The minimum atomic E-state index is -0.436. The van der Waals surface area contributed by atoms with Gasteiger partial charge in [0.15, 0.2) is 0 Å². The average molecular weight is 265 g/mol. The van der Waals surface area contributed by atoms with Crippen molar-refractivity contribution in [3.63, 3.8) is 0 Å². The second-order valence-corrected chi connectivity index (χ2v) is 5.21. The summed E-state index contributed by atoms with van der Waals surface area (Å²) in [4.78, 5) is 19.9. The third kappa shape index (κ3) is 5.11. The van der Waals surface area contributed by atoms with Gasteiger partial charge in [-0.2, -0.15) is 0 Å². The highest BCUT2D eigenvalue weighted by atomic mass is 16.1. The van der Waals surface area contributed by atoms with E-state index in [4.69, 9.17) is 5.73 Å². The van der Waals surface area contributed by atoms with E-state index in [9.17, 15) is 4.79 Å². The Hall–Kier alpha value is -1.85. The third-order valence-electron chi connectivity index (χ3n) is 2.58. The number of nitrogens with zero attached hydrogens (tertiary/aromatic N) is 2. The Bertz CT molecular complexity index is 445. The van der Waals surface area contributed by atoms with Crippen molar-refractivity contribution >= 4 is 17.5 Å². The van der Waals surface area contributed by atoms with Crippen LogP contribution in [0.5, 0.6) is 0 Å². The van der Waals surface area contributed by atoms with Crippen LogP contribution in [-0.2, 0) is 11.2 Å². The molecule has 1 rings (SSSR count). The molecule has 1 heterocycles. The number of amides is 1. The first-order valence-corrected chi connectivity index (χ1v) is 6.48. The number of carbonyl (C=O) groups is 1. The van der Waals surface area contributed by atoms with E-state index in [-0.39, 0.29) is 12.3 Å². The van der Waals surface area contributed by atoms with Crippen LogP contribution in [0.4, 0.5) is 11.6 Å². The summed E-state index contributed by atoms with van der Waals surface area (Å²) in [5, 5.41) is 6.24. The van der Waals surface area contributed by atoms with E-state index >= 15 is 0 Å². The van der Waals surface area contributed by atoms with Gasteiger partial charge in [0, 0.05) is 31.5 Å². The summed E-state index contributed by atoms with van der Waals surface area (Å²) in [6.45, 7) is 5.91. The van der Waals surface area contributed by atoms with Crippen LogP contribution in [-0.4, -0.2) is 28.5 Å². The fraction of sp³-hybridized carbons (Fsp3) is 0.615. The van der Waals surface area contributed by atoms with Gasteiger partial charge in [-0.05, 0) is 20.3 Å². The third-order valence-corrected chi connectivity index (χ3v) is 2.58. The van der Waals surface area contributed by atoms with Gasteiger partial charge in [0.05, 0.1) is 0 Å². The Morgan fingerprint density at radius 2 is 2.00 bits per heavy atom. The molecule has 0 atom stereocenters. The second-order valence-electron chi connectivity index (χ2n) is 5.21. The van der Waals surface area contributed by atoms with Crippen molar-refractivity contribution in [2.45, 2.75) is 45.6 Å². The van der Waals surface area contributed by atoms with Gasteiger partial charge in [-0.3, -0.25) is 4.79 Å². The summed E-state index contributed by atoms with van der Waals surface area (Å²) >= 11 is 0. The average Bonchev–Trinajstić information content (AvgIpc) is 2.26. The number of hydrogen-bond acceptors (Lipinski definition) is 5. The smallest absolute Gasteiger partial charge is 0.219 e. The molecule has 0 aromatic carbocycles. The van der Waals surface area contributed by atoms with Crippen molar-refractivity contribution in [3.8, 4) is 0 Å². The molecule has 19 heavy (non-hydrogen) atoms. The number of carbonyl (C=O) groups excluding carboxylic acids is 1. The van der Waals surface area contributed by atoms with Crippen molar-refractivity contribution < 1.29 is 4.79 Å². The summed E-state index contributed by atoms with van der Waals surface area (Å²) in [7, 11) is 1.82. The second kappa shape index (κ2) is 6.36. The Kier molecular flexibility index (Phi) is 5.09. The zero-order chi connectivity index (χ0) is 14.5. The van der Waals surface area contributed by atoms with Gasteiger partial charge in [0.25, 0.3) is 0 Å². The van der Waals surface area contributed by atoms with Gasteiger partial charge >= 0.3 is 0 Å². The summed E-state index contributed by atoms with van der Waals surface area (Å²) in [5.74, 6) is 1.91. The normalized spacial score (nSPS) is 11.2. The lowest BCUT2D eigenvalue weighted by Gasteiger charge is -2.25. The Balaban J connectivity index is 2.92. The molecule has 0 radical (unpaired) electrons. The zero-order valence-electron chi connectivity index (χ0n) is 12.1. The molecule has 0 bridgehead atoms. The van der Waals surface area contributed by atoms with Crippen molar-refractivity contribution in [1.82, 2.24) is 9.97 Å². The Morgan fingerprint density at radius 1 is 1.37 bits per heavy atom. The number of nitrogens with one attached hydrogen (secondary N) is 2. The molecule has 0 aliphatic carbocycles. The maximum atomic E-state index is 11.0. The van der Waals surface area contributed by atoms with Crippen LogP contribution in [0, 0.1) is 0 Å². The molecule has 0 spiro atoms. The lowest BCUT2D eigenvalue weighted by molar-refractivity contribution is -0.118. The van der Waals surface area contributed by atoms with E-state index in [0.717, 1.165) is 24.5 Å². The number of aryl methyl sites for hydroxylation is 1. The van der Waals surface area contributed by atoms with Gasteiger partial charge in [-0.1, -0.05) is 6.92 Å². The fourth-order valence-corrected chi connectivity index (χ4v) is 1.85. The summed E-state index contributed by atoms with van der Waals surface area (Å²) < 4.78 is 0. The van der Waals surface area contributed by atoms with E-state index in [2.05, 4.69) is 27.5 Å². The van der Waals surface area contributed by atoms with Gasteiger partial charge in [0.1, 0.15) is 17.5 Å². The number of primary amides is 1. The summed E-state index contributed by atoms with van der Waals surface area (Å²) in [6, 6.07) is 1.82. The highest BCUT2D eigenvalue weighted by Gasteiger charge is 2.21. The SMILES string of the molecule is CCCc1nc(NC)cc(NC(C)(C)CC(N)=O)n1. The molecule has 1 aromatic heterocycles.